The molecule has 0 amide bonds. The fourth-order valence-corrected chi connectivity index (χ4v) is 1.90. The number of sulfonamides is 1. The van der Waals surface area contributed by atoms with Crippen molar-refractivity contribution in [3.63, 3.8) is 0 Å². The summed E-state index contributed by atoms with van der Waals surface area (Å²) < 4.78 is 32.6. The Labute approximate surface area is 88.9 Å². The number of ether oxygens (including phenoxy) is 2. The molecule has 0 atom stereocenters. The zero-order chi connectivity index (χ0) is 11.5. The van der Waals surface area contributed by atoms with Gasteiger partial charge >= 0.3 is 0 Å². The Morgan fingerprint density at radius 2 is 2.07 bits per heavy atom. The maximum atomic E-state index is 11.2. The van der Waals surface area contributed by atoms with Crippen LogP contribution in [0, 0.1) is 0 Å². The Bertz CT molecular complexity index is 441. The molecule has 0 spiro atoms. The van der Waals surface area contributed by atoms with Crippen LogP contribution in [0.25, 0.3) is 0 Å². The van der Waals surface area contributed by atoms with Crippen molar-refractivity contribution in [2.45, 2.75) is 11.8 Å². The summed E-state index contributed by atoms with van der Waals surface area (Å²) in [6, 6.07) is 4.54. The summed E-state index contributed by atoms with van der Waals surface area (Å²) in [5.74, 6) is 0.508. The van der Waals surface area contributed by atoms with Gasteiger partial charge in [0.2, 0.25) is 10.0 Å². The van der Waals surface area contributed by atoms with E-state index in [9.17, 15) is 8.42 Å². The van der Waals surface area contributed by atoms with E-state index in [2.05, 4.69) is 0 Å². The van der Waals surface area contributed by atoms with Gasteiger partial charge in [0, 0.05) is 0 Å². The van der Waals surface area contributed by atoms with Crippen LogP contribution in [-0.4, -0.2) is 22.1 Å². The Hall–Kier alpha value is -1.27. The van der Waals surface area contributed by atoms with Crippen LogP contribution in [0.1, 0.15) is 6.92 Å². The molecule has 6 heteroatoms. The zero-order valence-corrected chi connectivity index (χ0v) is 9.37. The summed E-state index contributed by atoms with van der Waals surface area (Å²) in [7, 11) is -2.42. The third kappa shape index (κ3) is 2.60. The largest absolute Gasteiger partial charge is 0.492 e. The van der Waals surface area contributed by atoms with Gasteiger partial charge in [-0.2, -0.15) is 0 Å². The summed E-state index contributed by atoms with van der Waals surface area (Å²) in [5.41, 5.74) is 0. The Morgan fingerprint density at radius 1 is 1.40 bits per heavy atom. The molecule has 0 radical (unpaired) electrons. The number of para-hydroxylation sites is 1. The minimum atomic E-state index is -3.79. The SMILES string of the molecule is CCOc1cccc(S(N)(=O)=O)c1OC. The molecule has 0 aromatic heterocycles. The fraction of sp³-hybridized carbons (Fsp3) is 0.333. The summed E-state index contributed by atoms with van der Waals surface area (Å²) in [5, 5.41) is 5.03. The van der Waals surface area contributed by atoms with Gasteiger partial charge in [-0.15, -0.1) is 0 Å². The van der Waals surface area contributed by atoms with Gasteiger partial charge in [-0.05, 0) is 19.1 Å². The lowest BCUT2D eigenvalue weighted by molar-refractivity contribution is 0.306. The van der Waals surface area contributed by atoms with Gasteiger partial charge in [-0.3, -0.25) is 0 Å². The number of primary sulfonamides is 1. The molecule has 1 rings (SSSR count). The minimum Gasteiger partial charge on any atom is -0.492 e. The van der Waals surface area contributed by atoms with E-state index < -0.39 is 10.0 Å². The molecule has 0 aliphatic heterocycles. The Kier molecular flexibility index (Phi) is 3.54. The molecule has 15 heavy (non-hydrogen) atoms. The Morgan fingerprint density at radius 3 is 2.53 bits per heavy atom. The predicted molar refractivity (Wildman–Crippen MR) is 55.5 cm³/mol. The molecule has 0 heterocycles. The standard InChI is InChI=1S/C9H13NO4S/c1-3-14-7-5-4-6-8(9(7)13-2)15(10,11)12/h4-6H,3H2,1-2H3,(H2,10,11,12). The summed E-state index contributed by atoms with van der Waals surface area (Å²) in [6.45, 7) is 2.22. The summed E-state index contributed by atoms with van der Waals surface area (Å²) >= 11 is 0. The van der Waals surface area contributed by atoms with Crippen molar-refractivity contribution in [1.82, 2.24) is 0 Å². The smallest absolute Gasteiger partial charge is 0.241 e. The second kappa shape index (κ2) is 4.50. The molecule has 0 saturated heterocycles. The molecule has 0 saturated carbocycles. The van der Waals surface area contributed by atoms with Gasteiger partial charge in [0.25, 0.3) is 0 Å². The van der Waals surface area contributed by atoms with Crippen LogP contribution in [0.2, 0.25) is 0 Å². The molecule has 0 aliphatic carbocycles. The van der Waals surface area contributed by atoms with Crippen molar-refractivity contribution >= 4 is 10.0 Å². The normalized spacial score (nSPS) is 11.1. The third-order valence-corrected chi connectivity index (χ3v) is 2.69. The topological polar surface area (TPSA) is 78.6 Å². The van der Waals surface area contributed by atoms with E-state index in [4.69, 9.17) is 14.6 Å². The van der Waals surface area contributed by atoms with Crippen LogP contribution in [0.15, 0.2) is 23.1 Å². The number of benzene rings is 1. The van der Waals surface area contributed by atoms with Gasteiger partial charge in [0.1, 0.15) is 4.90 Å². The average Bonchev–Trinajstić information content (AvgIpc) is 2.16. The molecule has 1 aromatic rings. The maximum Gasteiger partial charge on any atom is 0.241 e. The number of methoxy groups -OCH3 is 1. The van der Waals surface area contributed by atoms with E-state index in [0.717, 1.165) is 0 Å². The minimum absolute atomic E-state index is 0.0732. The molecular weight excluding hydrogens is 218 g/mol. The highest BCUT2D eigenvalue weighted by atomic mass is 32.2. The molecule has 0 fully saturated rings. The molecule has 1 aromatic carbocycles. The molecule has 84 valence electrons. The highest BCUT2D eigenvalue weighted by molar-refractivity contribution is 7.89. The van der Waals surface area contributed by atoms with Crippen LogP contribution in [-0.2, 0) is 10.0 Å². The van der Waals surface area contributed by atoms with Gasteiger partial charge in [-0.1, -0.05) is 6.07 Å². The molecule has 2 N–H and O–H groups in total. The lowest BCUT2D eigenvalue weighted by atomic mass is 10.3. The first-order chi connectivity index (χ1) is 7.00. The average molecular weight is 231 g/mol. The summed E-state index contributed by atoms with van der Waals surface area (Å²) in [6.07, 6.45) is 0. The zero-order valence-electron chi connectivity index (χ0n) is 8.56. The van der Waals surface area contributed by atoms with Crippen molar-refractivity contribution < 1.29 is 17.9 Å². The lowest BCUT2D eigenvalue weighted by Crippen LogP contribution is -2.14. The first-order valence-electron chi connectivity index (χ1n) is 4.33. The van der Waals surface area contributed by atoms with Gasteiger partial charge in [0.15, 0.2) is 11.5 Å². The number of hydrogen-bond donors (Lipinski definition) is 1. The maximum absolute atomic E-state index is 11.2. The molecular formula is C9H13NO4S. The van der Waals surface area contributed by atoms with Crippen molar-refractivity contribution in [2.75, 3.05) is 13.7 Å². The highest BCUT2D eigenvalue weighted by Crippen LogP contribution is 2.33. The van der Waals surface area contributed by atoms with Crippen LogP contribution >= 0.6 is 0 Å². The van der Waals surface area contributed by atoms with E-state index in [1.807, 2.05) is 0 Å². The number of hydrogen-bond acceptors (Lipinski definition) is 4. The number of rotatable bonds is 4. The highest BCUT2D eigenvalue weighted by Gasteiger charge is 2.18. The van der Waals surface area contributed by atoms with E-state index in [1.54, 1.807) is 19.1 Å². The fourth-order valence-electron chi connectivity index (χ4n) is 1.19. The second-order valence-corrected chi connectivity index (χ2v) is 4.30. The van der Waals surface area contributed by atoms with E-state index in [1.165, 1.54) is 13.2 Å². The quantitative estimate of drug-likeness (QED) is 0.829. The second-order valence-electron chi connectivity index (χ2n) is 2.77. The van der Waals surface area contributed by atoms with Crippen LogP contribution in [0.3, 0.4) is 0 Å². The van der Waals surface area contributed by atoms with Crippen LogP contribution in [0.4, 0.5) is 0 Å². The monoisotopic (exact) mass is 231 g/mol. The molecule has 0 aliphatic rings. The van der Waals surface area contributed by atoms with Gasteiger partial charge in [-0.25, -0.2) is 13.6 Å². The molecule has 0 unspecified atom stereocenters. The predicted octanol–water partition coefficient (Wildman–Crippen LogP) is 0.741. The van der Waals surface area contributed by atoms with E-state index in [-0.39, 0.29) is 10.6 Å². The lowest BCUT2D eigenvalue weighted by Gasteiger charge is -2.11. The van der Waals surface area contributed by atoms with Gasteiger partial charge in [0.05, 0.1) is 13.7 Å². The molecule has 5 nitrogen and oxygen atoms in total. The van der Waals surface area contributed by atoms with Crippen molar-refractivity contribution in [1.29, 1.82) is 0 Å². The Balaban J connectivity index is 3.35. The summed E-state index contributed by atoms with van der Waals surface area (Å²) in [4.78, 5) is -0.0732. The van der Waals surface area contributed by atoms with Crippen LogP contribution in [0.5, 0.6) is 11.5 Å². The van der Waals surface area contributed by atoms with E-state index >= 15 is 0 Å². The van der Waals surface area contributed by atoms with Gasteiger partial charge < -0.3 is 9.47 Å². The third-order valence-electron chi connectivity index (χ3n) is 1.75. The van der Waals surface area contributed by atoms with Crippen molar-refractivity contribution in [2.24, 2.45) is 5.14 Å². The van der Waals surface area contributed by atoms with Crippen LogP contribution < -0.4 is 14.6 Å². The van der Waals surface area contributed by atoms with Crippen molar-refractivity contribution in [3.05, 3.63) is 18.2 Å². The first-order valence-corrected chi connectivity index (χ1v) is 5.88. The molecule has 0 bridgehead atoms. The number of nitrogens with two attached hydrogens (primary N) is 1. The van der Waals surface area contributed by atoms with E-state index in [0.29, 0.717) is 12.4 Å². The van der Waals surface area contributed by atoms with Crippen molar-refractivity contribution in [3.8, 4) is 11.5 Å². The first kappa shape index (κ1) is 11.8.